The molecule has 0 aliphatic heterocycles. The van der Waals surface area contributed by atoms with Crippen molar-refractivity contribution in [1.29, 1.82) is 0 Å². The second-order valence-corrected chi connectivity index (χ2v) is 5.93. The van der Waals surface area contributed by atoms with Crippen LogP contribution in [0.5, 0.6) is 11.5 Å². The van der Waals surface area contributed by atoms with Crippen molar-refractivity contribution in [3.8, 4) is 11.5 Å². The Morgan fingerprint density at radius 2 is 1.78 bits per heavy atom. The van der Waals surface area contributed by atoms with Crippen molar-refractivity contribution in [1.82, 2.24) is 4.98 Å². The van der Waals surface area contributed by atoms with Gasteiger partial charge in [-0.1, -0.05) is 35.9 Å². The molecule has 0 radical (unpaired) electrons. The number of benzene rings is 2. The molecule has 2 aromatic carbocycles. The third-order valence-corrected chi connectivity index (χ3v) is 3.94. The number of aromatic nitrogens is 1. The number of methoxy groups -OCH3 is 1. The van der Waals surface area contributed by atoms with Crippen LogP contribution in [0.4, 0.5) is 17.2 Å². The van der Waals surface area contributed by atoms with Gasteiger partial charge in [-0.05, 0) is 36.4 Å². The number of carbonyl (C=O) groups is 1. The summed E-state index contributed by atoms with van der Waals surface area (Å²) in [5.74, 6) is 1.18. The van der Waals surface area contributed by atoms with Crippen molar-refractivity contribution in [2.45, 2.75) is 0 Å². The Morgan fingerprint density at radius 1 is 1.04 bits per heavy atom. The Morgan fingerprint density at radius 3 is 2.48 bits per heavy atom. The lowest BCUT2D eigenvalue weighted by Crippen LogP contribution is -2.20. The molecule has 7 heteroatoms. The molecule has 0 unspecified atom stereocenters. The molecular formula is C20H18ClN3O3. The number of carbonyl (C=O) groups excluding carboxylic acids is 1. The van der Waals surface area contributed by atoms with Crippen LogP contribution < -0.4 is 20.1 Å². The summed E-state index contributed by atoms with van der Waals surface area (Å²) >= 11 is 6.12. The highest BCUT2D eigenvalue weighted by atomic mass is 35.5. The van der Waals surface area contributed by atoms with Crippen molar-refractivity contribution in [3.63, 3.8) is 0 Å². The maximum absolute atomic E-state index is 12.1. The van der Waals surface area contributed by atoms with Crippen LogP contribution in [0.15, 0.2) is 66.9 Å². The molecule has 0 atom stereocenters. The van der Waals surface area contributed by atoms with Crippen LogP contribution in [-0.2, 0) is 4.79 Å². The molecule has 1 aromatic heterocycles. The molecule has 1 amide bonds. The lowest BCUT2D eigenvalue weighted by molar-refractivity contribution is -0.118. The van der Waals surface area contributed by atoms with Crippen LogP contribution in [0.3, 0.4) is 0 Å². The van der Waals surface area contributed by atoms with Crippen molar-refractivity contribution in [2.24, 2.45) is 0 Å². The molecule has 0 aliphatic carbocycles. The third-order valence-electron chi connectivity index (χ3n) is 3.61. The van der Waals surface area contributed by atoms with Gasteiger partial charge in [0.25, 0.3) is 5.91 Å². The van der Waals surface area contributed by atoms with E-state index in [2.05, 4.69) is 15.6 Å². The van der Waals surface area contributed by atoms with E-state index in [4.69, 9.17) is 21.1 Å². The topological polar surface area (TPSA) is 72.5 Å². The first kappa shape index (κ1) is 18.5. The number of amides is 1. The lowest BCUT2D eigenvalue weighted by atomic mass is 10.3. The molecule has 1 heterocycles. The van der Waals surface area contributed by atoms with Crippen LogP contribution >= 0.6 is 11.6 Å². The number of halogens is 1. The highest BCUT2D eigenvalue weighted by molar-refractivity contribution is 6.33. The number of ether oxygens (including phenoxy) is 2. The summed E-state index contributed by atoms with van der Waals surface area (Å²) in [7, 11) is 1.55. The predicted molar refractivity (Wildman–Crippen MR) is 106 cm³/mol. The summed E-state index contributed by atoms with van der Waals surface area (Å²) < 4.78 is 10.7. The summed E-state index contributed by atoms with van der Waals surface area (Å²) in [6.45, 7) is -0.151. The van der Waals surface area contributed by atoms with Crippen molar-refractivity contribution in [2.75, 3.05) is 24.4 Å². The number of nitrogens with one attached hydrogen (secondary N) is 2. The van der Waals surface area contributed by atoms with Gasteiger partial charge in [0.15, 0.2) is 18.1 Å². The zero-order valence-electron chi connectivity index (χ0n) is 14.6. The van der Waals surface area contributed by atoms with Gasteiger partial charge in [0, 0.05) is 0 Å². The summed E-state index contributed by atoms with van der Waals surface area (Å²) in [5.41, 5.74) is 1.54. The fourth-order valence-corrected chi connectivity index (χ4v) is 2.50. The first-order chi connectivity index (χ1) is 13.2. The van der Waals surface area contributed by atoms with Crippen LogP contribution in [0.2, 0.25) is 5.02 Å². The average molecular weight is 384 g/mol. The van der Waals surface area contributed by atoms with E-state index in [0.29, 0.717) is 22.3 Å². The maximum atomic E-state index is 12.1. The number of hydrogen-bond donors (Lipinski definition) is 2. The number of pyridine rings is 1. The number of para-hydroxylation sites is 3. The van der Waals surface area contributed by atoms with Crippen molar-refractivity contribution >= 4 is 34.7 Å². The zero-order chi connectivity index (χ0) is 19.1. The standard InChI is InChI=1S/C20H18ClN3O3/c1-26-17-8-4-5-9-18(17)27-13-20(25)24-19-11-10-14(12-22-19)23-16-7-3-2-6-15(16)21/h2-12,23H,13H2,1H3,(H,22,24,25). The monoisotopic (exact) mass is 383 g/mol. The van der Waals surface area contributed by atoms with E-state index < -0.39 is 0 Å². The van der Waals surface area contributed by atoms with Crippen LogP contribution in [0, 0.1) is 0 Å². The minimum absolute atomic E-state index is 0.151. The first-order valence-electron chi connectivity index (χ1n) is 8.19. The van der Waals surface area contributed by atoms with Gasteiger partial charge in [-0.2, -0.15) is 0 Å². The average Bonchev–Trinajstić information content (AvgIpc) is 2.70. The van der Waals surface area contributed by atoms with E-state index in [0.717, 1.165) is 11.4 Å². The predicted octanol–water partition coefficient (Wildman–Crippen LogP) is 4.50. The van der Waals surface area contributed by atoms with Crippen LogP contribution in [-0.4, -0.2) is 24.6 Å². The molecule has 3 aromatic rings. The molecule has 27 heavy (non-hydrogen) atoms. The Bertz CT molecular complexity index is 916. The molecule has 3 rings (SSSR count). The van der Waals surface area contributed by atoms with Gasteiger partial charge in [-0.3, -0.25) is 4.79 Å². The minimum atomic E-state index is -0.319. The Balaban J connectivity index is 1.55. The molecule has 0 saturated carbocycles. The van der Waals surface area contributed by atoms with E-state index >= 15 is 0 Å². The summed E-state index contributed by atoms with van der Waals surface area (Å²) in [5, 5.41) is 6.46. The van der Waals surface area contributed by atoms with E-state index in [-0.39, 0.29) is 12.5 Å². The van der Waals surface area contributed by atoms with Gasteiger partial charge in [0.2, 0.25) is 0 Å². The number of anilines is 3. The summed E-state index contributed by atoms with van der Waals surface area (Å²) in [6.07, 6.45) is 1.61. The molecule has 0 bridgehead atoms. The Hall–Kier alpha value is -3.25. The van der Waals surface area contributed by atoms with E-state index in [1.807, 2.05) is 30.3 Å². The Labute approximate surface area is 162 Å². The number of nitrogens with zero attached hydrogens (tertiary/aromatic N) is 1. The van der Waals surface area contributed by atoms with Gasteiger partial charge < -0.3 is 20.1 Å². The number of rotatable bonds is 7. The quantitative estimate of drug-likeness (QED) is 0.628. The van der Waals surface area contributed by atoms with Gasteiger partial charge in [0.1, 0.15) is 5.82 Å². The number of hydrogen-bond acceptors (Lipinski definition) is 5. The normalized spacial score (nSPS) is 10.1. The molecule has 138 valence electrons. The summed E-state index contributed by atoms with van der Waals surface area (Å²) in [6, 6.07) is 18.0. The van der Waals surface area contributed by atoms with Gasteiger partial charge >= 0.3 is 0 Å². The van der Waals surface area contributed by atoms with Gasteiger partial charge in [-0.25, -0.2) is 4.98 Å². The SMILES string of the molecule is COc1ccccc1OCC(=O)Nc1ccc(Nc2ccccc2Cl)cn1. The lowest BCUT2D eigenvalue weighted by Gasteiger charge is -2.11. The zero-order valence-corrected chi connectivity index (χ0v) is 15.4. The molecule has 0 aliphatic rings. The van der Waals surface area contributed by atoms with E-state index in [9.17, 15) is 4.79 Å². The van der Waals surface area contributed by atoms with Crippen LogP contribution in [0.1, 0.15) is 0 Å². The van der Waals surface area contributed by atoms with E-state index in [1.165, 1.54) is 0 Å². The smallest absolute Gasteiger partial charge is 0.263 e. The molecule has 2 N–H and O–H groups in total. The highest BCUT2D eigenvalue weighted by Crippen LogP contribution is 2.26. The van der Waals surface area contributed by atoms with Crippen LogP contribution in [0.25, 0.3) is 0 Å². The summed E-state index contributed by atoms with van der Waals surface area (Å²) in [4.78, 5) is 16.3. The minimum Gasteiger partial charge on any atom is -0.493 e. The molecule has 6 nitrogen and oxygen atoms in total. The van der Waals surface area contributed by atoms with Crippen molar-refractivity contribution in [3.05, 3.63) is 71.9 Å². The maximum Gasteiger partial charge on any atom is 0.263 e. The largest absolute Gasteiger partial charge is 0.493 e. The molecular weight excluding hydrogens is 366 g/mol. The van der Waals surface area contributed by atoms with Crippen molar-refractivity contribution < 1.29 is 14.3 Å². The highest BCUT2D eigenvalue weighted by Gasteiger charge is 2.08. The fraction of sp³-hybridized carbons (Fsp3) is 0.100. The molecule has 0 saturated heterocycles. The van der Waals surface area contributed by atoms with E-state index in [1.54, 1.807) is 43.6 Å². The first-order valence-corrected chi connectivity index (χ1v) is 8.57. The Kier molecular flexibility index (Phi) is 6.12. The second kappa shape index (κ2) is 8.91. The fourth-order valence-electron chi connectivity index (χ4n) is 2.32. The second-order valence-electron chi connectivity index (χ2n) is 5.52. The van der Waals surface area contributed by atoms with Gasteiger partial charge in [-0.15, -0.1) is 0 Å². The molecule has 0 fully saturated rings. The van der Waals surface area contributed by atoms with Gasteiger partial charge in [0.05, 0.1) is 29.7 Å². The third kappa shape index (κ3) is 5.12. The molecule has 0 spiro atoms.